The van der Waals surface area contributed by atoms with Crippen LogP contribution in [0.3, 0.4) is 0 Å². The summed E-state index contributed by atoms with van der Waals surface area (Å²) in [7, 11) is 0. The van der Waals surface area contributed by atoms with E-state index in [1.165, 1.54) is 6.08 Å². The van der Waals surface area contributed by atoms with Gasteiger partial charge in [0.2, 0.25) is 11.8 Å². The number of rotatable bonds is 7. The molecule has 7 heteroatoms. The summed E-state index contributed by atoms with van der Waals surface area (Å²) in [5, 5.41) is 3.37. The van der Waals surface area contributed by atoms with Crippen molar-refractivity contribution in [1.82, 2.24) is 15.2 Å². The van der Waals surface area contributed by atoms with Gasteiger partial charge in [0.05, 0.1) is 0 Å². The second kappa shape index (κ2) is 7.99. The van der Waals surface area contributed by atoms with E-state index < -0.39 is 23.8 Å². The van der Waals surface area contributed by atoms with E-state index in [0.29, 0.717) is 25.1 Å². The van der Waals surface area contributed by atoms with Crippen LogP contribution in [0.5, 0.6) is 0 Å². The number of urea groups is 1. The van der Waals surface area contributed by atoms with Gasteiger partial charge in [0.15, 0.2) is 5.92 Å². The number of amides is 4. The highest BCUT2D eigenvalue weighted by Crippen LogP contribution is 2.19. The van der Waals surface area contributed by atoms with Gasteiger partial charge in [0, 0.05) is 35.9 Å². The molecule has 7 nitrogen and oxygen atoms in total. The molecule has 0 aliphatic carbocycles. The van der Waals surface area contributed by atoms with Crippen LogP contribution in [0, 0.1) is 5.92 Å². The van der Waals surface area contributed by atoms with Crippen LogP contribution in [0.15, 0.2) is 48.1 Å². The number of benzene rings is 1. The Labute approximate surface area is 157 Å². The molecular formula is C20H22N4O3. The van der Waals surface area contributed by atoms with Crippen LogP contribution < -0.4 is 5.32 Å². The lowest BCUT2D eigenvalue weighted by Gasteiger charge is -2.29. The number of H-pyrrole nitrogens is 1. The van der Waals surface area contributed by atoms with E-state index >= 15 is 0 Å². The second-order valence-electron chi connectivity index (χ2n) is 6.30. The number of hydrogen-bond donors (Lipinski definition) is 2. The number of aromatic nitrogens is 1. The molecule has 3 rings (SSSR count). The number of carbonyl (C=O) groups is 3. The van der Waals surface area contributed by atoms with E-state index in [9.17, 15) is 14.4 Å². The maximum Gasteiger partial charge on any atom is 0.331 e. The molecule has 1 aromatic heterocycles. The molecule has 0 spiro atoms. The normalized spacial score (nSPS) is 18.1. The first-order valence-electron chi connectivity index (χ1n) is 8.92. The molecule has 1 aliphatic rings. The maximum atomic E-state index is 12.6. The number of aliphatic imine (C=N–C) groups is 1. The number of fused-ring (bicyclic) bond motifs is 1. The van der Waals surface area contributed by atoms with Crippen molar-refractivity contribution in [1.29, 1.82) is 0 Å². The lowest BCUT2D eigenvalue weighted by molar-refractivity contribution is -0.139. The molecule has 2 heterocycles. The summed E-state index contributed by atoms with van der Waals surface area (Å²) < 4.78 is 0. The van der Waals surface area contributed by atoms with Gasteiger partial charge in [-0.3, -0.25) is 24.8 Å². The Balaban J connectivity index is 1.76. The summed E-state index contributed by atoms with van der Waals surface area (Å²) in [6.45, 7) is 5.90. The molecule has 1 unspecified atom stereocenters. The third-order valence-electron chi connectivity index (χ3n) is 4.63. The van der Waals surface area contributed by atoms with Crippen LogP contribution in [0.25, 0.3) is 10.9 Å². The third-order valence-corrected chi connectivity index (χ3v) is 4.63. The monoisotopic (exact) mass is 366 g/mol. The van der Waals surface area contributed by atoms with Gasteiger partial charge < -0.3 is 4.98 Å². The summed E-state index contributed by atoms with van der Waals surface area (Å²) in [6.07, 6.45) is 4.54. The molecule has 1 atom stereocenters. The molecular weight excluding hydrogens is 344 g/mol. The lowest BCUT2D eigenvalue weighted by atomic mass is 9.96. The van der Waals surface area contributed by atoms with Gasteiger partial charge in [-0.05, 0) is 24.5 Å². The zero-order chi connectivity index (χ0) is 19.4. The minimum absolute atomic E-state index is 0.0563. The summed E-state index contributed by atoms with van der Waals surface area (Å²) in [4.78, 5) is 45.4. The Morgan fingerprint density at radius 2 is 2.07 bits per heavy atom. The second-order valence-corrected chi connectivity index (χ2v) is 6.30. The third kappa shape index (κ3) is 3.67. The molecule has 4 amide bonds. The molecule has 1 aliphatic heterocycles. The van der Waals surface area contributed by atoms with Crippen LogP contribution >= 0.6 is 0 Å². The fraction of sp³-hybridized carbons (Fsp3) is 0.300. The molecule has 2 aromatic rings. The van der Waals surface area contributed by atoms with Gasteiger partial charge in [-0.15, -0.1) is 6.58 Å². The standard InChI is InChI=1S/C20H22N4O3/c1-3-11-24-19(26)17(18(25)23-20(24)27)15(4-2)21-10-9-13-12-22-16-8-6-5-7-14(13)16/h3,5-8,12,17,22H,1,4,9-11H2,2H3,(H,23,25,27). The highest BCUT2D eigenvalue weighted by atomic mass is 16.2. The number of carbonyl (C=O) groups excluding carboxylic acids is 3. The van der Waals surface area contributed by atoms with Crippen molar-refractivity contribution < 1.29 is 14.4 Å². The van der Waals surface area contributed by atoms with E-state index in [1.54, 1.807) is 0 Å². The molecule has 0 bridgehead atoms. The van der Waals surface area contributed by atoms with Crippen molar-refractivity contribution in [2.45, 2.75) is 19.8 Å². The van der Waals surface area contributed by atoms with Gasteiger partial charge >= 0.3 is 6.03 Å². The largest absolute Gasteiger partial charge is 0.361 e. The Morgan fingerprint density at radius 1 is 1.30 bits per heavy atom. The minimum Gasteiger partial charge on any atom is -0.361 e. The molecule has 2 N–H and O–H groups in total. The number of hydrogen-bond acceptors (Lipinski definition) is 4. The average Bonchev–Trinajstić information content (AvgIpc) is 3.07. The van der Waals surface area contributed by atoms with E-state index in [0.717, 1.165) is 21.4 Å². The van der Waals surface area contributed by atoms with Crippen LogP contribution in [0.2, 0.25) is 0 Å². The van der Waals surface area contributed by atoms with Gasteiger partial charge in [0.1, 0.15) is 0 Å². The van der Waals surface area contributed by atoms with E-state index in [1.807, 2.05) is 37.4 Å². The van der Waals surface area contributed by atoms with Crippen LogP contribution in [0.1, 0.15) is 18.9 Å². The van der Waals surface area contributed by atoms with E-state index in [2.05, 4.69) is 21.9 Å². The minimum atomic E-state index is -1.06. The molecule has 1 aromatic carbocycles. The van der Waals surface area contributed by atoms with Crippen molar-refractivity contribution in [2.24, 2.45) is 10.9 Å². The zero-order valence-corrected chi connectivity index (χ0v) is 15.2. The van der Waals surface area contributed by atoms with E-state index in [4.69, 9.17) is 0 Å². The molecule has 1 fully saturated rings. The van der Waals surface area contributed by atoms with E-state index in [-0.39, 0.29) is 6.54 Å². The van der Waals surface area contributed by atoms with Crippen LogP contribution in [-0.4, -0.2) is 46.5 Å². The van der Waals surface area contributed by atoms with Gasteiger partial charge in [-0.1, -0.05) is 31.2 Å². The van der Waals surface area contributed by atoms with Crippen LogP contribution in [-0.2, 0) is 16.0 Å². The number of imide groups is 2. The predicted octanol–water partition coefficient (Wildman–Crippen LogP) is 2.44. The lowest BCUT2D eigenvalue weighted by Crippen LogP contribution is -2.59. The first-order chi connectivity index (χ1) is 13.1. The zero-order valence-electron chi connectivity index (χ0n) is 15.2. The predicted molar refractivity (Wildman–Crippen MR) is 104 cm³/mol. The van der Waals surface area contributed by atoms with Crippen molar-refractivity contribution in [2.75, 3.05) is 13.1 Å². The summed E-state index contributed by atoms with van der Waals surface area (Å²) in [5.41, 5.74) is 2.68. The van der Waals surface area contributed by atoms with Gasteiger partial charge in [0.25, 0.3) is 0 Å². The van der Waals surface area contributed by atoms with Crippen LogP contribution in [0.4, 0.5) is 4.79 Å². The number of nitrogens with one attached hydrogen (secondary N) is 2. The average molecular weight is 366 g/mol. The number of barbiturate groups is 1. The first kappa shape index (κ1) is 18.6. The Morgan fingerprint density at radius 3 is 2.81 bits per heavy atom. The highest BCUT2D eigenvalue weighted by Gasteiger charge is 2.42. The van der Waals surface area contributed by atoms with Crippen molar-refractivity contribution in [3.05, 3.63) is 48.7 Å². The quantitative estimate of drug-likeness (QED) is 0.448. The Hall–Kier alpha value is -3.22. The SMILES string of the molecule is C=CCN1C(=O)NC(=O)C(C(CC)=NCCc2c[nH]c3ccccc23)C1=O. The number of aromatic amines is 1. The van der Waals surface area contributed by atoms with Gasteiger partial charge in [-0.2, -0.15) is 0 Å². The van der Waals surface area contributed by atoms with Crippen molar-refractivity contribution in [3.8, 4) is 0 Å². The molecule has 140 valence electrons. The first-order valence-corrected chi connectivity index (χ1v) is 8.92. The fourth-order valence-electron chi connectivity index (χ4n) is 3.27. The Kier molecular flexibility index (Phi) is 5.49. The molecule has 0 radical (unpaired) electrons. The summed E-state index contributed by atoms with van der Waals surface area (Å²) in [6, 6.07) is 7.30. The smallest absolute Gasteiger partial charge is 0.331 e. The number of para-hydroxylation sites is 1. The van der Waals surface area contributed by atoms with Crippen molar-refractivity contribution >= 4 is 34.5 Å². The molecule has 1 saturated heterocycles. The fourth-order valence-corrected chi connectivity index (χ4v) is 3.27. The highest BCUT2D eigenvalue weighted by molar-refractivity contribution is 6.27. The van der Waals surface area contributed by atoms with Crippen molar-refractivity contribution in [3.63, 3.8) is 0 Å². The summed E-state index contributed by atoms with van der Waals surface area (Å²) >= 11 is 0. The summed E-state index contributed by atoms with van der Waals surface area (Å²) in [5.74, 6) is -2.22. The Bertz CT molecular complexity index is 928. The molecule has 27 heavy (non-hydrogen) atoms. The molecule has 0 saturated carbocycles. The number of nitrogens with zero attached hydrogens (tertiary/aromatic N) is 2. The maximum absolute atomic E-state index is 12.6. The van der Waals surface area contributed by atoms with Gasteiger partial charge in [-0.25, -0.2) is 4.79 Å². The topological polar surface area (TPSA) is 94.6 Å².